The number of allylic oxidation sites excluding steroid dienone is 4. The molecule has 2 N–H and O–H groups in total. The molecule has 0 aliphatic carbocycles. The fourth-order valence-corrected chi connectivity index (χ4v) is 2.71. The molecule has 0 aromatic carbocycles. The zero-order valence-electron chi connectivity index (χ0n) is 8.56. The molecule has 0 unspecified atom stereocenters. The summed E-state index contributed by atoms with van der Waals surface area (Å²) in [6.45, 7) is 4.24. The molecular weight excluding hydrogens is 222 g/mol. The Morgan fingerprint density at radius 1 is 1.40 bits per heavy atom. The molecule has 0 bridgehead atoms. The van der Waals surface area contributed by atoms with E-state index >= 15 is 0 Å². The van der Waals surface area contributed by atoms with Crippen molar-refractivity contribution in [1.29, 1.82) is 0 Å². The zero-order chi connectivity index (χ0) is 10.9. The fraction of sp³-hybridized carbons (Fsp3) is 0.167. The number of thioether (sulfide) groups is 1. The molecule has 0 radical (unpaired) electrons. The molecule has 3 heteroatoms. The Morgan fingerprint density at radius 2 is 2.27 bits per heavy atom. The Balaban J connectivity index is 2.28. The van der Waals surface area contributed by atoms with E-state index in [4.69, 9.17) is 5.73 Å². The molecule has 15 heavy (non-hydrogen) atoms. The summed E-state index contributed by atoms with van der Waals surface area (Å²) in [6, 6.07) is 2.16. The minimum absolute atomic E-state index is 0.642. The van der Waals surface area contributed by atoms with Crippen LogP contribution < -0.4 is 5.73 Å². The van der Waals surface area contributed by atoms with Crippen LogP contribution in [0.1, 0.15) is 4.88 Å². The van der Waals surface area contributed by atoms with Crippen LogP contribution in [0.25, 0.3) is 0 Å². The zero-order valence-corrected chi connectivity index (χ0v) is 10.2. The van der Waals surface area contributed by atoms with Gasteiger partial charge in [-0.15, -0.1) is 23.1 Å². The van der Waals surface area contributed by atoms with Gasteiger partial charge < -0.3 is 5.73 Å². The third kappa shape index (κ3) is 5.02. The number of thiophene rings is 1. The summed E-state index contributed by atoms with van der Waals surface area (Å²) in [4.78, 5) is 2.55. The highest BCUT2D eigenvalue weighted by molar-refractivity contribution is 7.99. The lowest BCUT2D eigenvalue weighted by Crippen LogP contribution is -1.91. The lowest BCUT2D eigenvalue weighted by atomic mass is 10.4. The molecule has 0 amide bonds. The van der Waals surface area contributed by atoms with Gasteiger partial charge in [0.15, 0.2) is 0 Å². The lowest BCUT2D eigenvalue weighted by molar-refractivity contribution is 1.10. The van der Waals surface area contributed by atoms with Gasteiger partial charge >= 0.3 is 0 Å². The molecule has 0 aliphatic heterocycles. The van der Waals surface area contributed by atoms with Gasteiger partial charge in [-0.2, -0.15) is 0 Å². The van der Waals surface area contributed by atoms with Crippen LogP contribution in [-0.2, 0) is 6.54 Å². The Morgan fingerprint density at radius 3 is 2.93 bits per heavy atom. The average molecular weight is 237 g/mol. The molecule has 0 spiro atoms. The first-order chi connectivity index (χ1) is 7.36. The van der Waals surface area contributed by atoms with E-state index < -0.39 is 0 Å². The molecule has 0 saturated heterocycles. The summed E-state index contributed by atoms with van der Waals surface area (Å²) in [7, 11) is 0. The van der Waals surface area contributed by atoms with E-state index in [1.54, 1.807) is 17.4 Å². The minimum Gasteiger partial charge on any atom is -0.326 e. The quantitative estimate of drug-likeness (QED) is 0.604. The molecule has 1 aromatic heterocycles. The molecular formula is C12H15NS2. The number of rotatable bonds is 6. The predicted octanol–water partition coefficient (Wildman–Crippen LogP) is 3.60. The summed E-state index contributed by atoms with van der Waals surface area (Å²) in [5.41, 5.74) is 5.54. The molecule has 0 saturated carbocycles. The van der Waals surface area contributed by atoms with Crippen molar-refractivity contribution in [3.63, 3.8) is 0 Å². The average Bonchev–Trinajstić information content (AvgIpc) is 2.71. The van der Waals surface area contributed by atoms with Crippen LogP contribution in [-0.4, -0.2) is 5.75 Å². The largest absolute Gasteiger partial charge is 0.326 e. The van der Waals surface area contributed by atoms with Gasteiger partial charge in [0.25, 0.3) is 0 Å². The van der Waals surface area contributed by atoms with E-state index in [2.05, 4.69) is 24.1 Å². The maximum atomic E-state index is 5.54. The highest BCUT2D eigenvalue weighted by Gasteiger charge is 1.96. The third-order valence-electron chi connectivity index (χ3n) is 1.67. The maximum absolute atomic E-state index is 5.54. The van der Waals surface area contributed by atoms with Gasteiger partial charge in [0.2, 0.25) is 0 Å². The SMILES string of the molecule is C=C/C=C\C=C/CSc1csc(CN)c1. The predicted molar refractivity (Wildman–Crippen MR) is 71.4 cm³/mol. The minimum atomic E-state index is 0.642. The van der Waals surface area contributed by atoms with Gasteiger partial charge in [-0.3, -0.25) is 0 Å². The standard InChI is InChI=1S/C12H15NS2/c1-2-3-4-5-6-7-14-12-8-11(9-13)15-10-12/h2-6,8,10H,1,7,9,13H2/b4-3-,6-5-. The molecule has 1 rings (SSSR count). The number of hydrogen-bond acceptors (Lipinski definition) is 3. The Hall–Kier alpha value is -0.770. The summed E-state index contributed by atoms with van der Waals surface area (Å²) in [6.07, 6.45) is 9.82. The summed E-state index contributed by atoms with van der Waals surface area (Å²) in [5.74, 6) is 0.988. The van der Waals surface area contributed by atoms with E-state index in [0.29, 0.717) is 6.54 Å². The van der Waals surface area contributed by atoms with Crippen LogP contribution in [0.15, 0.2) is 53.3 Å². The topological polar surface area (TPSA) is 26.0 Å². The Bertz CT molecular complexity index is 350. The van der Waals surface area contributed by atoms with Crippen molar-refractivity contribution < 1.29 is 0 Å². The third-order valence-corrected chi connectivity index (χ3v) is 3.71. The van der Waals surface area contributed by atoms with E-state index in [-0.39, 0.29) is 0 Å². The van der Waals surface area contributed by atoms with Gasteiger partial charge in [0, 0.05) is 27.5 Å². The second-order valence-electron chi connectivity index (χ2n) is 2.81. The first-order valence-electron chi connectivity index (χ1n) is 4.71. The molecule has 1 aromatic rings. The fourth-order valence-electron chi connectivity index (χ4n) is 0.964. The Kier molecular flexibility index (Phi) is 6.16. The van der Waals surface area contributed by atoms with Crippen molar-refractivity contribution in [2.24, 2.45) is 5.73 Å². The summed E-state index contributed by atoms with van der Waals surface area (Å²) < 4.78 is 0. The van der Waals surface area contributed by atoms with Gasteiger partial charge in [0.1, 0.15) is 0 Å². The summed E-state index contributed by atoms with van der Waals surface area (Å²) in [5, 5.41) is 2.15. The van der Waals surface area contributed by atoms with E-state index in [1.807, 2.05) is 30.0 Å². The van der Waals surface area contributed by atoms with Crippen molar-refractivity contribution in [3.05, 3.63) is 53.3 Å². The van der Waals surface area contributed by atoms with E-state index in [0.717, 1.165) is 5.75 Å². The van der Waals surface area contributed by atoms with Crippen molar-refractivity contribution >= 4 is 23.1 Å². The number of hydrogen-bond donors (Lipinski definition) is 1. The van der Waals surface area contributed by atoms with Gasteiger partial charge in [0.05, 0.1) is 0 Å². The first kappa shape index (κ1) is 12.3. The molecule has 0 aliphatic rings. The second-order valence-corrected chi connectivity index (χ2v) is 4.90. The molecule has 80 valence electrons. The first-order valence-corrected chi connectivity index (χ1v) is 6.58. The van der Waals surface area contributed by atoms with Gasteiger partial charge in [-0.25, -0.2) is 0 Å². The monoisotopic (exact) mass is 237 g/mol. The van der Waals surface area contributed by atoms with Crippen LogP contribution in [0.5, 0.6) is 0 Å². The van der Waals surface area contributed by atoms with Crippen molar-refractivity contribution in [2.45, 2.75) is 11.4 Å². The smallest absolute Gasteiger partial charge is 0.0274 e. The van der Waals surface area contributed by atoms with Crippen LogP contribution in [0.4, 0.5) is 0 Å². The Labute approximate surface area is 99.4 Å². The highest BCUT2D eigenvalue weighted by atomic mass is 32.2. The van der Waals surface area contributed by atoms with Crippen molar-refractivity contribution in [2.75, 3.05) is 5.75 Å². The van der Waals surface area contributed by atoms with E-state index in [9.17, 15) is 0 Å². The van der Waals surface area contributed by atoms with Crippen molar-refractivity contribution in [3.8, 4) is 0 Å². The van der Waals surface area contributed by atoms with E-state index in [1.165, 1.54) is 9.77 Å². The van der Waals surface area contributed by atoms with Crippen LogP contribution in [0.2, 0.25) is 0 Å². The highest BCUT2D eigenvalue weighted by Crippen LogP contribution is 2.24. The second kappa shape index (κ2) is 7.51. The lowest BCUT2D eigenvalue weighted by Gasteiger charge is -1.90. The summed E-state index contributed by atoms with van der Waals surface area (Å²) >= 11 is 3.55. The molecule has 1 nitrogen and oxygen atoms in total. The van der Waals surface area contributed by atoms with Gasteiger partial charge in [-0.05, 0) is 6.07 Å². The van der Waals surface area contributed by atoms with Crippen molar-refractivity contribution in [1.82, 2.24) is 0 Å². The normalized spacial score (nSPS) is 11.5. The van der Waals surface area contributed by atoms with Crippen LogP contribution in [0, 0.1) is 0 Å². The van der Waals surface area contributed by atoms with Crippen LogP contribution >= 0.6 is 23.1 Å². The molecule has 1 heterocycles. The maximum Gasteiger partial charge on any atom is 0.0274 e. The molecule has 0 fully saturated rings. The van der Waals surface area contributed by atoms with Crippen LogP contribution in [0.3, 0.4) is 0 Å². The molecule has 0 atom stereocenters. The number of nitrogens with two attached hydrogens (primary N) is 1. The van der Waals surface area contributed by atoms with Gasteiger partial charge in [-0.1, -0.05) is 37.0 Å².